The highest BCUT2D eigenvalue weighted by atomic mass is 19.1. The van der Waals surface area contributed by atoms with E-state index in [9.17, 15) is 9.50 Å². The normalized spacial score (nSPS) is 13.6. The molecule has 112 valence electrons. The Morgan fingerprint density at radius 3 is 2.48 bits per heavy atom. The van der Waals surface area contributed by atoms with E-state index in [2.05, 4.69) is 0 Å². The molecule has 0 saturated carbocycles. The zero-order valence-electron chi connectivity index (χ0n) is 12.4. The molecule has 4 heteroatoms. The summed E-state index contributed by atoms with van der Waals surface area (Å²) >= 11 is 0. The molecule has 0 aliphatic heterocycles. The highest BCUT2D eigenvalue weighted by Gasteiger charge is 2.26. The lowest BCUT2D eigenvalue weighted by Gasteiger charge is -2.25. The lowest BCUT2D eigenvalue weighted by atomic mass is 9.88. The van der Waals surface area contributed by atoms with Gasteiger partial charge >= 0.3 is 0 Å². The zero-order valence-corrected chi connectivity index (χ0v) is 12.4. The summed E-state index contributed by atoms with van der Waals surface area (Å²) < 4.78 is 24.3. The van der Waals surface area contributed by atoms with Crippen molar-refractivity contribution in [1.29, 1.82) is 0 Å². The Labute approximate surface area is 124 Å². The molecule has 21 heavy (non-hydrogen) atoms. The third-order valence-corrected chi connectivity index (χ3v) is 3.49. The van der Waals surface area contributed by atoms with Gasteiger partial charge in [0.15, 0.2) is 11.6 Å². The van der Waals surface area contributed by atoms with Crippen molar-refractivity contribution < 1.29 is 19.0 Å². The first-order valence-corrected chi connectivity index (χ1v) is 6.66. The fourth-order valence-corrected chi connectivity index (χ4v) is 2.28. The number of rotatable bonds is 5. The van der Waals surface area contributed by atoms with Gasteiger partial charge in [0.1, 0.15) is 5.75 Å². The van der Waals surface area contributed by atoms with Gasteiger partial charge in [-0.1, -0.05) is 24.3 Å². The van der Waals surface area contributed by atoms with Crippen LogP contribution in [0.15, 0.2) is 42.5 Å². The first kappa shape index (κ1) is 15.3. The molecule has 0 aliphatic carbocycles. The van der Waals surface area contributed by atoms with E-state index in [4.69, 9.17) is 9.47 Å². The van der Waals surface area contributed by atoms with Crippen LogP contribution in [0.5, 0.6) is 11.5 Å². The first-order chi connectivity index (χ1) is 9.97. The molecule has 2 aromatic rings. The lowest BCUT2D eigenvalue weighted by Crippen LogP contribution is -2.25. The summed E-state index contributed by atoms with van der Waals surface area (Å²) in [6, 6.07) is 12.0. The molecule has 2 rings (SSSR count). The summed E-state index contributed by atoms with van der Waals surface area (Å²) in [5, 5.41) is 10.7. The predicted octanol–water partition coefficient (Wildman–Crippen LogP) is 3.29. The number of hydrogen-bond acceptors (Lipinski definition) is 3. The van der Waals surface area contributed by atoms with Crippen LogP contribution < -0.4 is 9.47 Å². The predicted molar refractivity (Wildman–Crippen MR) is 79.2 cm³/mol. The summed E-state index contributed by atoms with van der Waals surface area (Å²) in [7, 11) is 2.98. The second-order valence-corrected chi connectivity index (χ2v) is 5.12. The number of benzene rings is 2. The second-order valence-electron chi connectivity index (χ2n) is 5.12. The van der Waals surface area contributed by atoms with Gasteiger partial charge in [0, 0.05) is 6.42 Å². The van der Waals surface area contributed by atoms with Crippen molar-refractivity contribution in [1.82, 2.24) is 0 Å². The molecule has 0 fully saturated rings. The largest absolute Gasteiger partial charge is 0.497 e. The fourth-order valence-electron chi connectivity index (χ4n) is 2.28. The third kappa shape index (κ3) is 3.34. The quantitative estimate of drug-likeness (QED) is 0.918. The van der Waals surface area contributed by atoms with Gasteiger partial charge in [-0.15, -0.1) is 0 Å². The lowest BCUT2D eigenvalue weighted by molar-refractivity contribution is 0.0563. The van der Waals surface area contributed by atoms with Gasteiger partial charge in [0.25, 0.3) is 0 Å². The van der Waals surface area contributed by atoms with Crippen LogP contribution in [0.2, 0.25) is 0 Å². The Morgan fingerprint density at radius 2 is 1.81 bits per heavy atom. The van der Waals surface area contributed by atoms with Crippen LogP contribution in [-0.4, -0.2) is 19.3 Å². The van der Waals surface area contributed by atoms with Crippen molar-refractivity contribution in [3.05, 3.63) is 59.4 Å². The molecule has 0 heterocycles. The van der Waals surface area contributed by atoms with Crippen molar-refractivity contribution in [2.45, 2.75) is 18.9 Å². The first-order valence-electron chi connectivity index (χ1n) is 6.66. The molecule has 0 bridgehead atoms. The van der Waals surface area contributed by atoms with Crippen molar-refractivity contribution in [3.63, 3.8) is 0 Å². The topological polar surface area (TPSA) is 38.7 Å². The molecule has 2 aromatic carbocycles. The van der Waals surface area contributed by atoms with Gasteiger partial charge in [0.05, 0.1) is 19.8 Å². The van der Waals surface area contributed by atoms with Gasteiger partial charge in [-0.25, -0.2) is 4.39 Å². The third-order valence-electron chi connectivity index (χ3n) is 3.49. The highest BCUT2D eigenvalue weighted by Crippen LogP contribution is 2.30. The van der Waals surface area contributed by atoms with E-state index in [1.807, 2.05) is 0 Å². The minimum atomic E-state index is -1.21. The van der Waals surface area contributed by atoms with E-state index in [1.165, 1.54) is 7.11 Å². The summed E-state index contributed by atoms with van der Waals surface area (Å²) in [6.45, 7) is 1.65. The SMILES string of the molecule is COc1cccc(C(C)(O)Cc2cccc(OC)c2F)c1. The minimum absolute atomic E-state index is 0.142. The maximum atomic E-state index is 14.2. The Balaban J connectivity index is 2.32. The van der Waals surface area contributed by atoms with Crippen LogP contribution >= 0.6 is 0 Å². The molecule has 1 atom stereocenters. The van der Waals surface area contributed by atoms with Gasteiger partial charge in [-0.2, -0.15) is 0 Å². The monoisotopic (exact) mass is 290 g/mol. The molecule has 1 N–H and O–H groups in total. The van der Waals surface area contributed by atoms with Gasteiger partial charge < -0.3 is 14.6 Å². The summed E-state index contributed by atoms with van der Waals surface area (Å²) in [5.41, 5.74) is -0.131. The minimum Gasteiger partial charge on any atom is -0.497 e. The molecule has 1 unspecified atom stereocenters. The van der Waals surface area contributed by atoms with E-state index < -0.39 is 11.4 Å². The molecule has 0 saturated heterocycles. The molecule has 3 nitrogen and oxygen atoms in total. The molecule has 0 aliphatic rings. The Bertz CT molecular complexity index is 623. The van der Waals surface area contributed by atoms with E-state index in [-0.39, 0.29) is 12.2 Å². The number of halogens is 1. The number of hydrogen-bond donors (Lipinski definition) is 1. The number of aliphatic hydroxyl groups is 1. The summed E-state index contributed by atoms with van der Waals surface area (Å²) in [4.78, 5) is 0. The van der Waals surface area contributed by atoms with Crippen LogP contribution in [-0.2, 0) is 12.0 Å². The van der Waals surface area contributed by atoms with Crippen LogP contribution in [0.1, 0.15) is 18.1 Å². The molecule has 0 radical (unpaired) electrons. The smallest absolute Gasteiger partial charge is 0.168 e. The van der Waals surface area contributed by atoms with Crippen molar-refractivity contribution in [3.8, 4) is 11.5 Å². The van der Waals surface area contributed by atoms with Crippen molar-refractivity contribution in [2.24, 2.45) is 0 Å². The maximum absolute atomic E-state index is 14.2. The Hall–Kier alpha value is -2.07. The van der Waals surface area contributed by atoms with E-state index in [0.717, 1.165) is 0 Å². The van der Waals surface area contributed by atoms with Crippen LogP contribution in [0, 0.1) is 5.82 Å². The van der Waals surface area contributed by atoms with Crippen LogP contribution in [0.3, 0.4) is 0 Å². The van der Waals surface area contributed by atoms with E-state index in [0.29, 0.717) is 16.9 Å². The molecule has 0 aromatic heterocycles. The average molecular weight is 290 g/mol. The Morgan fingerprint density at radius 1 is 1.10 bits per heavy atom. The second kappa shape index (κ2) is 6.14. The van der Waals surface area contributed by atoms with E-state index in [1.54, 1.807) is 56.5 Å². The number of methoxy groups -OCH3 is 2. The van der Waals surface area contributed by atoms with Crippen LogP contribution in [0.25, 0.3) is 0 Å². The maximum Gasteiger partial charge on any atom is 0.168 e. The molecule has 0 spiro atoms. The fraction of sp³-hybridized carbons (Fsp3) is 0.294. The molecule has 0 amide bonds. The van der Waals surface area contributed by atoms with E-state index >= 15 is 0 Å². The van der Waals surface area contributed by atoms with Crippen molar-refractivity contribution >= 4 is 0 Å². The zero-order chi connectivity index (χ0) is 15.5. The summed E-state index contributed by atoms with van der Waals surface area (Å²) in [5.74, 6) is 0.385. The summed E-state index contributed by atoms with van der Waals surface area (Å²) in [6.07, 6.45) is 0.142. The Kier molecular flexibility index (Phi) is 4.48. The average Bonchev–Trinajstić information content (AvgIpc) is 2.49. The number of ether oxygens (including phenoxy) is 2. The van der Waals surface area contributed by atoms with Crippen molar-refractivity contribution in [2.75, 3.05) is 14.2 Å². The van der Waals surface area contributed by atoms with Gasteiger partial charge in [-0.3, -0.25) is 0 Å². The standard InChI is InChI=1S/C17H19FO3/c1-17(19,13-7-5-8-14(10-13)20-2)11-12-6-4-9-15(21-3)16(12)18/h4-10,19H,11H2,1-3H3. The highest BCUT2D eigenvalue weighted by molar-refractivity contribution is 5.36. The van der Waals surface area contributed by atoms with Gasteiger partial charge in [-0.05, 0) is 36.2 Å². The van der Waals surface area contributed by atoms with Gasteiger partial charge in [0.2, 0.25) is 0 Å². The molecular formula is C17H19FO3. The van der Waals surface area contributed by atoms with Crippen LogP contribution in [0.4, 0.5) is 4.39 Å². The molecular weight excluding hydrogens is 271 g/mol.